The zero-order chi connectivity index (χ0) is 20.1. The molecule has 3 N–H and O–H groups in total. The SMILES string of the molecule is COc1ccccc1S(=O)(=O)N[C@@H]1CC[C@H](CCNC(=O)C2CC2)O[C@@H]1CO. The number of rotatable bonds is 9. The molecule has 0 bridgehead atoms. The topological polar surface area (TPSA) is 114 Å². The number of aliphatic hydroxyl groups excluding tert-OH is 1. The average molecular weight is 413 g/mol. The Bertz CT molecular complexity index is 780. The van der Waals surface area contributed by atoms with Crippen LogP contribution in [0, 0.1) is 5.92 Å². The highest BCUT2D eigenvalue weighted by atomic mass is 32.2. The quantitative estimate of drug-likeness (QED) is 0.553. The van der Waals surface area contributed by atoms with E-state index in [0.717, 1.165) is 12.8 Å². The van der Waals surface area contributed by atoms with Crippen LogP contribution in [0.25, 0.3) is 0 Å². The fourth-order valence-corrected chi connectivity index (χ4v) is 4.90. The van der Waals surface area contributed by atoms with E-state index in [-0.39, 0.29) is 35.2 Å². The summed E-state index contributed by atoms with van der Waals surface area (Å²) in [4.78, 5) is 11.7. The molecule has 0 unspecified atom stereocenters. The van der Waals surface area contributed by atoms with Crippen LogP contribution in [0.1, 0.15) is 32.1 Å². The Hall–Kier alpha value is -1.68. The molecule has 3 atom stereocenters. The van der Waals surface area contributed by atoms with Crippen LogP contribution < -0.4 is 14.8 Å². The third-order valence-electron chi connectivity index (χ3n) is 5.17. The van der Waals surface area contributed by atoms with E-state index in [1.54, 1.807) is 18.2 Å². The van der Waals surface area contributed by atoms with Crippen molar-refractivity contribution < 1.29 is 27.8 Å². The monoisotopic (exact) mass is 412 g/mol. The van der Waals surface area contributed by atoms with Gasteiger partial charge in [-0.25, -0.2) is 13.1 Å². The van der Waals surface area contributed by atoms with Gasteiger partial charge in [-0.3, -0.25) is 4.79 Å². The van der Waals surface area contributed by atoms with E-state index in [1.807, 2.05) is 0 Å². The standard InChI is InChI=1S/C19H28N2O6S/c1-26-16-4-2-3-5-18(16)28(24,25)21-15-9-8-14(27-17(15)12-22)10-11-20-19(23)13-6-7-13/h2-5,13-15,17,21-22H,6-12H2,1H3,(H,20,23)/t14-,15-,17-/m1/s1. The molecular formula is C19H28N2O6S. The minimum Gasteiger partial charge on any atom is -0.495 e. The van der Waals surface area contributed by atoms with E-state index in [9.17, 15) is 18.3 Å². The molecule has 1 aliphatic carbocycles. The van der Waals surface area contributed by atoms with E-state index >= 15 is 0 Å². The minimum atomic E-state index is -3.82. The first kappa shape index (κ1) is 21.0. The molecular weight excluding hydrogens is 384 g/mol. The number of amides is 1. The lowest BCUT2D eigenvalue weighted by atomic mass is 9.98. The lowest BCUT2D eigenvalue weighted by Crippen LogP contribution is -2.51. The highest BCUT2D eigenvalue weighted by Crippen LogP contribution is 2.29. The normalized spacial score (nSPS) is 25.3. The van der Waals surface area contributed by atoms with Crippen LogP contribution in [-0.4, -0.2) is 57.9 Å². The van der Waals surface area contributed by atoms with Crippen LogP contribution in [0.15, 0.2) is 29.2 Å². The fraction of sp³-hybridized carbons (Fsp3) is 0.632. The van der Waals surface area contributed by atoms with Gasteiger partial charge < -0.3 is 19.9 Å². The van der Waals surface area contributed by atoms with E-state index in [1.165, 1.54) is 13.2 Å². The number of carbonyl (C=O) groups excluding carboxylic acids is 1. The summed E-state index contributed by atoms with van der Waals surface area (Å²) in [5, 5.41) is 12.6. The van der Waals surface area contributed by atoms with Gasteiger partial charge in [0.05, 0.1) is 32.0 Å². The van der Waals surface area contributed by atoms with Crippen LogP contribution in [0.4, 0.5) is 0 Å². The van der Waals surface area contributed by atoms with Crippen molar-refractivity contribution in [2.45, 2.75) is 55.2 Å². The molecule has 0 aromatic heterocycles. The van der Waals surface area contributed by atoms with Crippen molar-refractivity contribution in [2.75, 3.05) is 20.3 Å². The number of para-hydroxylation sites is 1. The lowest BCUT2D eigenvalue weighted by Gasteiger charge is -2.36. The number of hydrogen-bond acceptors (Lipinski definition) is 6. The van der Waals surface area contributed by atoms with Gasteiger partial charge in [0, 0.05) is 12.5 Å². The van der Waals surface area contributed by atoms with Crippen molar-refractivity contribution in [2.24, 2.45) is 5.92 Å². The fourth-order valence-electron chi connectivity index (χ4n) is 3.43. The number of benzene rings is 1. The first-order valence-electron chi connectivity index (χ1n) is 9.64. The Labute approximate surface area is 165 Å². The largest absolute Gasteiger partial charge is 0.495 e. The molecule has 2 fully saturated rings. The molecule has 9 heteroatoms. The maximum atomic E-state index is 12.8. The van der Waals surface area contributed by atoms with Gasteiger partial charge in [-0.15, -0.1) is 0 Å². The first-order chi connectivity index (χ1) is 13.4. The Kier molecular flexibility index (Phi) is 6.92. The second-order valence-corrected chi connectivity index (χ2v) is 8.97. The molecule has 1 aromatic rings. The molecule has 0 spiro atoms. The van der Waals surface area contributed by atoms with Gasteiger partial charge in [0.1, 0.15) is 10.6 Å². The van der Waals surface area contributed by atoms with Crippen LogP contribution >= 0.6 is 0 Å². The molecule has 1 aliphatic heterocycles. The molecule has 1 saturated heterocycles. The Morgan fingerprint density at radius 2 is 2.00 bits per heavy atom. The number of aliphatic hydroxyl groups is 1. The molecule has 156 valence electrons. The van der Waals surface area contributed by atoms with Gasteiger partial charge in [0.15, 0.2) is 0 Å². The molecule has 28 heavy (non-hydrogen) atoms. The molecule has 0 radical (unpaired) electrons. The first-order valence-corrected chi connectivity index (χ1v) is 11.1. The maximum Gasteiger partial charge on any atom is 0.244 e. The summed E-state index contributed by atoms with van der Waals surface area (Å²) in [6.45, 7) is 0.236. The highest BCUT2D eigenvalue weighted by Gasteiger charge is 2.35. The summed E-state index contributed by atoms with van der Waals surface area (Å²) in [6.07, 6.45) is 3.00. The van der Waals surface area contributed by atoms with Crippen molar-refractivity contribution in [3.05, 3.63) is 24.3 Å². The summed E-state index contributed by atoms with van der Waals surface area (Å²) >= 11 is 0. The minimum absolute atomic E-state index is 0.0547. The molecule has 1 amide bonds. The smallest absolute Gasteiger partial charge is 0.244 e. The summed E-state index contributed by atoms with van der Waals surface area (Å²) in [5.41, 5.74) is 0. The van der Waals surface area contributed by atoms with Crippen molar-refractivity contribution >= 4 is 15.9 Å². The number of methoxy groups -OCH3 is 1. The van der Waals surface area contributed by atoms with Crippen LogP contribution in [0.2, 0.25) is 0 Å². The number of sulfonamides is 1. The van der Waals surface area contributed by atoms with Gasteiger partial charge in [-0.05, 0) is 44.2 Å². The van der Waals surface area contributed by atoms with Crippen LogP contribution in [-0.2, 0) is 19.6 Å². The summed E-state index contributed by atoms with van der Waals surface area (Å²) < 4.78 is 39.2. The van der Waals surface area contributed by atoms with Gasteiger partial charge in [-0.2, -0.15) is 0 Å². The average Bonchev–Trinajstić information content (AvgIpc) is 3.54. The predicted octanol–water partition coefficient (Wildman–Crippen LogP) is 0.798. The number of carbonyl (C=O) groups is 1. The van der Waals surface area contributed by atoms with Gasteiger partial charge in [0.25, 0.3) is 0 Å². The Morgan fingerprint density at radius 3 is 2.68 bits per heavy atom. The van der Waals surface area contributed by atoms with Gasteiger partial charge in [0.2, 0.25) is 15.9 Å². The lowest BCUT2D eigenvalue weighted by molar-refractivity contribution is -0.122. The zero-order valence-electron chi connectivity index (χ0n) is 16.0. The van der Waals surface area contributed by atoms with Gasteiger partial charge >= 0.3 is 0 Å². The van der Waals surface area contributed by atoms with Crippen molar-refractivity contribution in [3.63, 3.8) is 0 Å². The molecule has 1 aromatic carbocycles. The van der Waals surface area contributed by atoms with Crippen LogP contribution in [0.5, 0.6) is 5.75 Å². The third-order valence-corrected chi connectivity index (χ3v) is 6.70. The number of hydrogen-bond donors (Lipinski definition) is 3. The molecule has 2 aliphatic rings. The predicted molar refractivity (Wildman–Crippen MR) is 102 cm³/mol. The highest BCUT2D eigenvalue weighted by molar-refractivity contribution is 7.89. The Balaban J connectivity index is 1.55. The Morgan fingerprint density at radius 1 is 1.25 bits per heavy atom. The van der Waals surface area contributed by atoms with Gasteiger partial charge in [-0.1, -0.05) is 12.1 Å². The van der Waals surface area contributed by atoms with E-state index in [2.05, 4.69) is 10.0 Å². The van der Waals surface area contributed by atoms with E-state index in [4.69, 9.17) is 9.47 Å². The van der Waals surface area contributed by atoms with Crippen molar-refractivity contribution in [3.8, 4) is 5.75 Å². The van der Waals surface area contributed by atoms with Crippen LogP contribution in [0.3, 0.4) is 0 Å². The maximum absolute atomic E-state index is 12.8. The van der Waals surface area contributed by atoms with E-state index in [0.29, 0.717) is 25.8 Å². The van der Waals surface area contributed by atoms with Crippen molar-refractivity contribution in [1.29, 1.82) is 0 Å². The van der Waals surface area contributed by atoms with E-state index < -0.39 is 22.2 Å². The summed E-state index contributed by atoms with van der Waals surface area (Å²) in [7, 11) is -2.40. The molecule has 8 nitrogen and oxygen atoms in total. The molecule has 1 saturated carbocycles. The number of ether oxygens (including phenoxy) is 2. The third kappa shape index (κ3) is 5.22. The summed E-state index contributed by atoms with van der Waals surface area (Å²) in [5.74, 6) is 0.528. The molecule has 3 rings (SSSR count). The second kappa shape index (κ2) is 9.21. The van der Waals surface area contributed by atoms with Crippen molar-refractivity contribution in [1.82, 2.24) is 10.0 Å². The second-order valence-electron chi connectivity index (χ2n) is 7.29. The molecule has 1 heterocycles. The zero-order valence-corrected chi connectivity index (χ0v) is 16.8. The summed E-state index contributed by atoms with van der Waals surface area (Å²) in [6, 6.07) is 5.86. The number of nitrogens with one attached hydrogen (secondary N) is 2.